The van der Waals surface area contributed by atoms with Gasteiger partial charge in [-0.15, -0.1) is 0 Å². The van der Waals surface area contributed by atoms with Crippen molar-refractivity contribution in [3.8, 4) is 11.3 Å². The van der Waals surface area contributed by atoms with E-state index in [4.69, 9.17) is 19.5 Å². The van der Waals surface area contributed by atoms with Crippen LogP contribution < -0.4 is 11.2 Å². The Morgan fingerprint density at radius 2 is 1.61 bits per heavy atom. The Labute approximate surface area is 185 Å². The van der Waals surface area contributed by atoms with E-state index in [0.29, 0.717) is 11.5 Å². The monoisotopic (exact) mass is 467 g/mol. The van der Waals surface area contributed by atoms with Gasteiger partial charge in [0.2, 0.25) is 0 Å². The molecule has 0 atom stereocenters. The van der Waals surface area contributed by atoms with Crippen LogP contribution in [0.1, 0.15) is 43.6 Å². The summed E-state index contributed by atoms with van der Waals surface area (Å²) in [6.07, 6.45) is -4.95. The molecule has 1 fully saturated rings. The molecule has 0 unspecified atom stereocenters. The highest BCUT2D eigenvalue weighted by molar-refractivity contribution is 6.62. The molecule has 1 saturated heterocycles. The minimum absolute atomic E-state index is 0.0169. The van der Waals surface area contributed by atoms with Crippen LogP contribution in [-0.2, 0) is 15.5 Å². The minimum Gasteiger partial charge on any atom is -0.455 e. The molecule has 2 aromatic carbocycles. The van der Waals surface area contributed by atoms with E-state index in [-0.39, 0.29) is 22.6 Å². The molecule has 0 saturated carbocycles. The smallest absolute Gasteiger partial charge is 0.455 e. The van der Waals surface area contributed by atoms with E-state index in [0.717, 1.165) is 0 Å². The lowest BCUT2D eigenvalue weighted by Crippen LogP contribution is -2.41. The van der Waals surface area contributed by atoms with Crippen LogP contribution in [0, 0.1) is 11.6 Å². The van der Waals surface area contributed by atoms with Crippen LogP contribution in [0.25, 0.3) is 22.3 Å². The minimum atomic E-state index is -4.95. The third kappa shape index (κ3) is 3.78. The third-order valence-corrected chi connectivity index (χ3v) is 6.09. The van der Waals surface area contributed by atoms with Crippen molar-refractivity contribution in [2.45, 2.75) is 45.1 Å². The van der Waals surface area contributed by atoms with Gasteiger partial charge in [-0.25, -0.2) is 8.78 Å². The molecule has 0 spiro atoms. The Kier molecular flexibility index (Phi) is 5.14. The molecule has 5 nitrogen and oxygen atoms in total. The predicted octanol–water partition coefficient (Wildman–Crippen LogP) is 4.79. The number of carbonyl (C=O) groups excluding carboxylic acids is 1. The summed E-state index contributed by atoms with van der Waals surface area (Å²) in [6.45, 7) is 7.42. The first-order valence-corrected chi connectivity index (χ1v) is 9.91. The van der Waals surface area contributed by atoms with Gasteiger partial charge in [0.05, 0.1) is 27.9 Å². The molecule has 174 valence electrons. The Morgan fingerprint density at radius 3 is 2.15 bits per heavy atom. The molecule has 33 heavy (non-hydrogen) atoms. The lowest BCUT2D eigenvalue weighted by molar-refractivity contribution is -0.137. The van der Waals surface area contributed by atoms with Crippen molar-refractivity contribution in [1.82, 2.24) is 0 Å². The number of hydrogen-bond acceptors (Lipinski definition) is 4. The first-order chi connectivity index (χ1) is 15.1. The van der Waals surface area contributed by atoms with Crippen molar-refractivity contribution in [3.63, 3.8) is 0 Å². The topological polar surface area (TPSA) is 74.7 Å². The maximum Gasteiger partial charge on any atom is 0.494 e. The van der Waals surface area contributed by atoms with Crippen LogP contribution in [0.5, 0.6) is 0 Å². The van der Waals surface area contributed by atoms with Gasteiger partial charge in [0, 0.05) is 5.39 Å². The molecule has 1 amide bonds. The Balaban J connectivity index is 1.89. The molecular formula is C22H19BF5NO4. The van der Waals surface area contributed by atoms with E-state index < -0.39 is 58.9 Å². The van der Waals surface area contributed by atoms with Crippen molar-refractivity contribution in [1.29, 1.82) is 0 Å². The molecule has 0 radical (unpaired) electrons. The fourth-order valence-electron chi connectivity index (χ4n) is 3.59. The fraction of sp³-hybridized carbons (Fsp3) is 0.318. The van der Waals surface area contributed by atoms with E-state index >= 15 is 0 Å². The van der Waals surface area contributed by atoms with Gasteiger partial charge >= 0.3 is 13.3 Å². The van der Waals surface area contributed by atoms with Crippen molar-refractivity contribution in [2.75, 3.05) is 0 Å². The number of nitrogens with two attached hydrogens (primary N) is 1. The second kappa shape index (κ2) is 7.29. The average molecular weight is 467 g/mol. The Hall–Kier alpha value is -2.92. The molecule has 0 bridgehead atoms. The number of rotatable bonds is 3. The van der Waals surface area contributed by atoms with Crippen LogP contribution in [0.3, 0.4) is 0 Å². The first kappa shape index (κ1) is 23.3. The van der Waals surface area contributed by atoms with Crippen LogP contribution in [0.2, 0.25) is 0 Å². The van der Waals surface area contributed by atoms with E-state index in [1.54, 1.807) is 6.07 Å². The van der Waals surface area contributed by atoms with Gasteiger partial charge in [-0.3, -0.25) is 4.79 Å². The summed E-state index contributed by atoms with van der Waals surface area (Å²) in [5.41, 5.74) is 1.97. The highest BCUT2D eigenvalue weighted by atomic mass is 19.4. The van der Waals surface area contributed by atoms with Gasteiger partial charge in [0.1, 0.15) is 5.58 Å². The van der Waals surface area contributed by atoms with Crippen LogP contribution in [0.4, 0.5) is 22.0 Å². The van der Waals surface area contributed by atoms with Gasteiger partial charge < -0.3 is 19.5 Å². The van der Waals surface area contributed by atoms with E-state index in [9.17, 15) is 26.7 Å². The van der Waals surface area contributed by atoms with Gasteiger partial charge in [0.25, 0.3) is 5.91 Å². The summed E-state index contributed by atoms with van der Waals surface area (Å²) < 4.78 is 85.5. The number of carbonyl (C=O) groups is 1. The number of amides is 1. The number of primary amides is 1. The normalized spacial score (nSPS) is 17.7. The number of fused-ring (bicyclic) bond motifs is 1. The lowest BCUT2D eigenvalue weighted by atomic mass is 9.79. The molecule has 1 aliphatic heterocycles. The average Bonchev–Trinajstić information content (AvgIpc) is 3.16. The third-order valence-electron chi connectivity index (χ3n) is 6.09. The summed E-state index contributed by atoms with van der Waals surface area (Å²) in [7, 11) is -0.798. The van der Waals surface area contributed by atoms with E-state index in [1.807, 2.05) is 27.7 Å². The summed E-state index contributed by atoms with van der Waals surface area (Å²) in [6, 6.07) is 4.86. The number of halogens is 5. The molecule has 3 aromatic rings. The van der Waals surface area contributed by atoms with Crippen LogP contribution in [-0.4, -0.2) is 24.2 Å². The van der Waals surface area contributed by atoms with Crippen LogP contribution in [0.15, 0.2) is 34.7 Å². The standard InChI is InChI=1S/C22H19BF5NO4/c1-20(2)21(3,4)33-23(32-20)11-5-6-12-15(9-11)31-18(16(12)19(29)30)13-7-10(22(26,27)28)8-14(24)17(13)25/h5-9H,1-4H3,(H2,29,30). The molecule has 1 aliphatic rings. The zero-order valence-electron chi connectivity index (χ0n) is 18.1. The Bertz CT molecular complexity index is 1270. The zero-order chi connectivity index (χ0) is 24.5. The highest BCUT2D eigenvalue weighted by Gasteiger charge is 2.51. The number of furan rings is 1. The highest BCUT2D eigenvalue weighted by Crippen LogP contribution is 2.40. The summed E-state index contributed by atoms with van der Waals surface area (Å²) >= 11 is 0. The van der Waals surface area contributed by atoms with Gasteiger partial charge in [0.15, 0.2) is 17.4 Å². The molecule has 4 rings (SSSR count). The van der Waals surface area contributed by atoms with Gasteiger partial charge in [-0.2, -0.15) is 13.2 Å². The predicted molar refractivity (Wildman–Crippen MR) is 111 cm³/mol. The molecular weight excluding hydrogens is 448 g/mol. The van der Waals surface area contributed by atoms with Gasteiger partial charge in [-0.05, 0) is 51.4 Å². The fourth-order valence-corrected chi connectivity index (χ4v) is 3.59. The zero-order valence-corrected chi connectivity index (χ0v) is 18.1. The van der Waals surface area contributed by atoms with E-state index in [1.165, 1.54) is 12.1 Å². The molecule has 1 aromatic heterocycles. The van der Waals surface area contributed by atoms with E-state index in [2.05, 4.69) is 0 Å². The number of alkyl halides is 3. The molecule has 2 N–H and O–H groups in total. The second-order valence-electron chi connectivity index (χ2n) is 8.83. The summed E-state index contributed by atoms with van der Waals surface area (Å²) in [5, 5.41) is 0.120. The summed E-state index contributed by atoms with van der Waals surface area (Å²) in [5.74, 6) is -5.03. The number of hydrogen-bond donors (Lipinski definition) is 1. The lowest BCUT2D eigenvalue weighted by Gasteiger charge is -2.32. The number of benzene rings is 2. The quantitative estimate of drug-likeness (QED) is 0.444. The maximum atomic E-state index is 14.5. The van der Waals surface area contributed by atoms with Gasteiger partial charge in [-0.1, -0.05) is 12.1 Å². The van der Waals surface area contributed by atoms with Crippen molar-refractivity contribution in [2.24, 2.45) is 5.73 Å². The molecule has 0 aliphatic carbocycles. The van der Waals surface area contributed by atoms with Crippen molar-refractivity contribution >= 4 is 29.5 Å². The molecule has 2 heterocycles. The summed E-state index contributed by atoms with van der Waals surface area (Å²) in [4.78, 5) is 12.1. The SMILES string of the molecule is CC1(C)OB(c2ccc3c(C(N)=O)c(-c4cc(C(F)(F)F)cc(F)c4F)oc3c2)OC1(C)C. The largest absolute Gasteiger partial charge is 0.494 e. The first-order valence-electron chi connectivity index (χ1n) is 9.91. The maximum absolute atomic E-state index is 14.5. The Morgan fingerprint density at radius 1 is 1.00 bits per heavy atom. The second-order valence-corrected chi connectivity index (χ2v) is 8.83. The van der Waals surface area contributed by atoms with Crippen molar-refractivity contribution in [3.05, 3.63) is 53.1 Å². The van der Waals surface area contributed by atoms with Crippen LogP contribution >= 0.6 is 0 Å². The molecule has 11 heteroatoms. The van der Waals surface area contributed by atoms with Crippen molar-refractivity contribution < 1.29 is 40.5 Å².